The van der Waals surface area contributed by atoms with Crippen LogP contribution in [0.15, 0.2) is 82.7 Å². The summed E-state index contributed by atoms with van der Waals surface area (Å²) in [5, 5.41) is 4.27. The van der Waals surface area contributed by atoms with Crippen LogP contribution < -0.4 is 21.3 Å². The van der Waals surface area contributed by atoms with Crippen molar-refractivity contribution in [2.75, 3.05) is 18.8 Å². The third-order valence-electron chi connectivity index (χ3n) is 8.27. The van der Waals surface area contributed by atoms with Crippen molar-refractivity contribution >= 4 is 23.4 Å². The van der Waals surface area contributed by atoms with Crippen LogP contribution in [0.3, 0.4) is 0 Å². The molecule has 1 aromatic heterocycles. The fourth-order valence-electron chi connectivity index (χ4n) is 5.37. The Morgan fingerprint density at radius 2 is 1.74 bits per heavy atom. The summed E-state index contributed by atoms with van der Waals surface area (Å²) in [5.74, 6) is 0.470. The Balaban J connectivity index is 1.04. The predicted octanol–water partition coefficient (Wildman–Crippen LogP) is 5.73. The Hall–Kier alpha value is -4.29. The van der Waals surface area contributed by atoms with E-state index in [4.69, 9.17) is 15.5 Å². The lowest BCUT2D eigenvalue weighted by Crippen LogP contribution is -2.44. The smallest absolute Gasteiger partial charge is 0.416 e. The maximum Gasteiger partial charge on any atom is 0.416 e. The second kappa shape index (κ2) is 13.6. The molecule has 0 bridgehead atoms. The molecule has 2 aliphatic rings. The molecule has 0 radical (unpaired) electrons. The maximum atomic E-state index is 13.9. The average molecular weight is 650 g/mol. The van der Waals surface area contributed by atoms with Crippen molar-refractivity contribution in [3.8, 4) is 11.4 Å². The van der Waals surface area contributed by atoms with E-state index >= 15 is 0 Å². The molecule has 1 amide bonds. The first-order valence-corrected chi connectivity index (χ1v) is 16.1. The standard InChI is InChI=1S/C34H34F3N5O3S/c35-34(36,37)24-12-8-23(9-13-24)21-45-25-14-10-22(11-15-25)18-39-19-31(43)41-17-16-29-27(20-41)32(44)42(30-7-2-1-6-28(30)38)33(40-29)46-26-4-3-5-26/h1-2,6-15,26,39H,3-5,16-21,38H2. The molecule has 3 aromatic carbocycles. The third-order valence-corrected chi connectivity index (χ3v) is 9.56. The maximum absolute atomic E-state index is 13.9. The molecule has 4 aromatic rings. The topological polar surface area (TPSA) is 102 Å². The first kappa shape index (κ1) is 31.7. The molecule has 1 aliphatic heterocycles. The number of fused-ring (bicyclic) bond motifs is 1. The first-order valence-electron chi connectivity index (χ1n) is 15.2. The number of alkyl halides is 3. The monoisotopic (exact) mass is 649 g/mol. The number of carbonyl (C=O) groups is 1. The number of rotatable bonds is 10. The number of carbonyl (C=O) groups excluding carboxylic acids is 1. The predicted molar refractivity (Wildman–Crippen MR) is 171 cm³/mol. The van der Waals surface area contributed by atoms with Gasteiger partial charge in [0.25, 0.3) is 5.56 Å². The molecule has 8 nitrogen and oxygen atoms in total. The molecule has 2 heterocycles. The minimum Gasteiger partial charge on any atom is -0.489 e. The normalized spacial score (nSPS) is 14.9. The largest absolute Gasteiger partial charge is 0.489 e. The third kappa shape index (κ3) is 7.23. The van der Waals surface area contributed by atoms with E-state index in [9.17, 15) is 22.8 Å². The van der Waals surface area contributed by atoms with Crippen LogP contribution in [0, 0.1) is 0 Å². The van der Waals surface area contributed by atoms with E-state index in [1.165, 1.54) is 18.6 Å². The molecule has 12 heteroatoms. The summed E-state index contributed by atoms with van der Waals surface area (Å²) in [6.07, 6.45) is -0.486. The highest BCUT2D eigenvalue weighted by atomic mass is 32.2. The molecule has 240 valence electrons. The molecule has 1 aliphatic carbocycles. The fourth-order valence-corrected chi connectivity index (χ4v) is 6.69. The van der Waals surface area contributed by atoms with Crippen LogP contribution in [0.5, 0.6) is 5.75 Å². The molecule has 6 rings (SSSR count). The fraction of sp³-hybridized carbons (Fsp3) is 0.324. The van der Waals surface area contributed by atoms with Gasteiger partial charge in [-0.05, 0) is 60.4 Å². The van der Waals surface area contributed by atoms with Crippen molar-refractivity contribution in [3.05, 3.63) is 111 Å². The number of hydrogen-bond donors (Lipinski definition) is 2. The molecule has 1 fully saturated rings. The van der Waals surface area contributed by atoms with Crippen molar-refractivity contribution < 1.29 is 22.7 Å². The van der Waals surface area contributed by atoms with Crippen LogP contribution in [0.2, 0.25) is 0 Å². The van der Waals surface area contributed by atoms with Gasteiger partial charge in [-0.25, -0.2) is 4.98 Å². The van der Waals surface area contributed by atoms with Gasteiger partial charge in [0, 0.05) is 24.8 Å². The van der Waals surface area contributed by atoms with Crippen LogP contribution in [0.1, 0.15) is 47.2 Å². The highest BCUT2D eigenvalue weighted by Gasteiger charge is 2.30. The van der Waals surface area contributed by atoms with Gasteiger partial charge in [-0.1, -0.05) is 54.6 Å². The number of amides is 1. The number of aromatic nitrogens is 2. The lowest BCUT2D eigenvalue weighted by atomic mass is 10.0. The minimum absolute atomic E-state index is 0.102. The molecule has 0 atom stereocenters. The van der Waals surface area contributed by atoms with Crippen LogP contribution in [-0.2, 0) is 37.1 Å². The zero-order chi connectivity index (χ0) is 32.3. The summed E-state index contributed by atoms with van der Waals surface area (Å²) in [6.45, 7) is 1.36. The van der Waals surface area contributed by atoms with Gasteiger partial charge >= 0.3 is 6.18 Å². The van der Waals surface area contributed by atoms with Crippen molar-refractivity contribution in [1.29, 1.82) is 0 Å². The molecular formula is C34H34F3N5O3S. The Morgan fingerprint density at radius 3 is 2.41 bits per heavy atom. The van der Waals surface area contributed by atoms with Gasteiger partial charge in [-0.15, -0.1) is 0 Å². The molecular weight excluding hydrogens is 615 g/mol. The number of nitrogen functional groups attached to an aromatic ring is 1. The van der Waals surface area contributed by atoms with Gasteiger partial charge < -0.3 is 20.7 Å². The average Bonchev–Trinajstić information content (AvgIpc) is 3.03. The van der Waals surface area contributed by atoms with Crippen LogP contribution in [0.25, 0.3) is 5.69 Å². The zero-order valence-electron chi connectivity index (χ0n) is 25.1. The first-order chi connectivity index (χ1) is 22.2. The number of thioether (sulfide) groups is 1. The number of nitrogens with two attached hydrogens (primary N) is 1. The van der Waals surface area contributed by atoms with Crippen LogP contribution >= 0.6 is 11.8 Å². The number of ether oxygens (including phenoxy) is 1. The van der Waals surface area contributed by atoms with Gasteiger partial charge in [-0.2, -0.15) is 13.2 Å². The number of nitrogens with one attached hydrogen (secondary N) is 1. The van der Waals surface area contributed by atoms with E-state index in [0.29, 0.717) is 58.2 Å². The lowest BCUT2D eigenvalue weighted by molar-refractivity contribution is -0.137. The van der Waals surface area contributed by atoms with E-state index in [0.717, 1.165) is 36.2 Å². The number of para-hydroxylation sites is 2. The molecule has 0 spiro atoms. The summed E-state index contributed by atoms with van der Waals surface area (Å²) in [6, 6.07) is 19.4. The quantitative estimate of drug-likeness (QED) is 0.167. The molecule has 3 N–H and O–H groups in total. The van der Waals surface area contributed by atoms with Gasteiger partial charge in [0.05, 0.1) is 41.3 Å². The van der Waals surface area contributed by atoms with Crippen molar-refractivity contribution in [3.63, 3.8) is 0 Å². The summed E-state index contributed by atoms with van der Waals surface area (Å²) >= 11 is 1.63. The summed E-state index contributed by atoms with van der Waals surface area (Å²) in [4.78, 5) is 33.7. The van der Waals surface area contributed by atoms with E-state index in [1.807, 2.05) is 30.3 Å². The number of hydrogen-bond acceptors (Lipinski definition) is 7. The SMILES string of the molecule is Nc1ccccc1-n1c(SC2CCC2)nc2c(c1=O)CN(C(=O)CNCc1ccc(OCc3ccc(C(F)(F)F)cc3)cc1)CC2. The summed E-state index contributed by atoms with van der Waals surface area (Å²) in [7, 11) is 0. The number of halogens is 3. The number of benzene rings is 3. The van der Waals surface area contributed by atoms with E-state index in [-0.39, 0.29) is 31.2 Å². The summed E-state index contributed by atoms with van der Waals surface area (Å²) in [5.41, 5.74) is 9.32. The van der Waals surface area contributed by atoms with Crippen LogP contribution in [-0.4, -0.2) is 38.7 Å². The van der Waals surface area contributed by atoms with Gasteiger partial charge in [0.15, 0.2) is 5.16 Å². The van der Waals surface area contributed by atoms with E-state index in [2.05, 4.69) is 5.32 Å². The molecule has 0 saturated heterocycles. The Labute approximate surface area is 268 Å². The van der Waals surface area contributed by atoms with Crippen molar-refractivity contribution in [1.82, 2.24) is 19.8 Å². The number of anilines is 1. The highest BCUT2D eigenvalue weighted by molar-refractivity contribution is 7.99. The molecule has 46 heavy (non-hydrogen) atoms. The van der Waals surface area contributed by atoms with Crippen LogP contribution in [0.4, 0.5) is 18.9 Å². The van der Waals surface area contributed by atoms with E-state index < -0.39 is 11.7 Å². The Kier molecular flexibility index (Phi) is 9.37. The van der Waals surface area contributed by atoms with E-state index in [1.54, 1.807) is 39.4 Å². The second-order valence-electron chi connectivity index (χ2n) is 11.5. The molecule has 1 saturated carbocycles. The summed E-state index contributed by atoms with van der Waals surface area (Å²) < 4.78 is 45.6. The van der Waals surface area contributed by atoms with Gasteiger partial charge in [0.2, 0.25) is 5.91 Å². The Bertz CT molecular complexity index is 1760. The Morgan fingerprint density at radius 1 is 1.02 bits per heavy atom. The second-order valence-corrected chi connectivity index (χ2v) is 12.8. The highest BCUT2D eigenvalue weighted by Crippen LogP contribution is 2.37. The lowest BCUT2D eigenvalue weighted by Gasteiger charge is -2.30. The molecule has 0 unspecified atom stereocenters. The minimum atomic E-state index is -4.37. The van der Waals surface area contributed by atoms with Crippen molar-refractivity contribution in [2.45, 2.75) is 62.0 Å². The van der Waals surface area contributed by atoms with Gasteiger partial charge in [0.1, 0.15) is 12.4 Å². The zero-order valence-corrected chi connectivity index (χ0v) is 25.9. The van der Waals surface area contributed by atoms with Gasteiger partial charge in [-0.3, -0.25) is 14.2 Å². The van der Waals surface area contributed by atoms with Crippen molar-refractivity contribution in [2.24, 2.45) is 0 Å². The number of nitrogens with zero attached hydrogens (tertiary/aromatic N) is 3.